The van der Waals surface area contributed by atoms with Gasteiger partial charge in [0.25, 0.3) is 0 Å². The van der Waals surface area contributed by atoms with Crippen molar-refractivity contribution in [2.75, 3.05) is 13.2 Å². The summed E-state index contributed by atoms with van der Waals surface area (Å²) < 4.78 is 17.7. The van der Waals surface area contributed by atoms with Crippen LogP contribution in [-0.4, -0.2) is 28.2 Å². The van der Waals surface area contributed by atoms with Crippen LogP contribution in [0.15, 0.2) is 30.3 Å². The third-order valence-corrected chi connectivity index (χ3v) is 6.13. The van der Waals surface area contributed by atoms with E-state index in [1.165, 1.54) is 64.2 Å². The maximum absolute atomic E-state index is 5.95. The lowest BCUT2D eigenvalue weighted by atomic mass is 9.90. The summed E-state index contributed by atoms with van der Waals surface area (Å²) in [5.41, 5.74) is 1.06. The number of nitrogens with zero attached hydrogens (tertiary/aromatic N) is 3. The Morgan fingerprint density at radius 1 is 0.600 bits per heavy atom. The zero-order valence-electron chi connectivity index (χ0n) is 17.8. The van der Waals surface area contributed by atoms with E-state index < -0.39 is 0 Å². The minimum absolute atomic E-state index is 0.256. The lowest BCUT2D eigenvalue weighted by Crippen LogP contribution is -2.18. The Labute approximate surface area is 179 Å². The highest BCUT2D eigenvalue weighted by Crippen LogP contribution is 2.26. The van der Waals surface area contributed by atoms with Gasteiger partial charge in [-0.15, -0.1) is 15.0 Å². The van der Waals surface area contributed by atoms with E-state index in [4.69, 9.17) is 14.2 Å². The van der Waals surface area contributed by atoms with Crippen molar-refractivity contribution in [2.45, 2.75) is 70.8 Å². The fraction of sp³-hybridized carbons (Fsp3) is 0.625. The Balaban J connectivity index is 1.39. The second-order valence-corrected chi connectivity index (χ2v) is 8.59. The highest BCUT2D eigenvalue weighted by atomic mass is 16.5. The quantitative estimate of drug-likeness (QED) is 0.553. The minimum atomic E-state index is 0.256. The van der Waals surface area contributed by atoms with Gasteiger partial charge in [0.2, 0.25) is 0 Å². The molecule has 0 N–H and O–H groups in total. The van der Waals surface area contributed by atoms with Crippen molar-refractivity contribution in [1.29, 1.82) is 0 Å². The molecule has 1 aromatic heterocycles. The van der Waals surface area contributed by atoms with Crippen LogP contribution in [0.1, 0.15) is 69.8 Å². The molecular formula is C24H33N3O3. The lowest BCUT2D eigenvalue weighted by Gasteiger charge is -2.22. The van der Waals surface area contributed by atoms with Crippen molar-refractivity contribution in [2.24, 2.45) is 11.8 Å². The van der Waals surface area contributed by atoms with E-state index >= 15 is 0 Å². The molecule has 0 aliphatic heterocycles. The number of rotatable bonds is 9. The second kappa shape index (κ2) is 11.1. The van der Waals surface area contributed by atoms with Gasteiger partial charge in [-0.25, -0.2) is 0 Å². The van der Waals surface area contributed by atoms with Gasteiger partial charge < -0.3 is 14.2 Å². The summed E-state index contributed by atoms with van der Waals surface area (Å²) >= 11 is 0. The normalized spacial score (nSPS) is 18.1. The molecule has 6 heteroatoms. The summed E-state index contributed by atoms with van der Waals surface area (Å²) in [6.07, 6.45) is 12.7. The van der Waals surface area contributed by atoms with Crippen LogP contribution in [0.3, 0.4) is 0 Å². The average Bonchev–Trinajstić information content (AvgIpc) is 2.82. The van der Waals surface area contributed by atoms with Crippen LogP contribution in [0.4, 0.5) is 0 Å². The maximum Gasteiger partial charge on any atom is 0.326 e. The smallest absolute Gasteiger partial charge is 0.326 e. The lowest BCUT2D eigenvalue weighted by molar-refractivity contribution is 0.171. The largest absolute Gasteiger partial charge is 0.463 e. The predicted molar refractivity (Wildman–Crippen MR) is 115 cm³/mol. The molecule has 0 saturated heterocycles. The van der Waals surface area contributed by atoms with Gasteiger partial charge in [-0.05, 0) is 43.1 Å². The molecule has 0 spiro atoms. The number of hydrogen-bond donors (Lipinski definition) is 0. The molecule has 0 unspecified atom stereocenters. The van der Waals surface area contributed by atoms with Gasteiger partial charge in [0.05, 0.1) is 13.2 Å². The van der Waals surface area contributed by atoms with Crippen molar-refractivity contribution in [3.8, 4) is 18.0 Å². The Morgan fingerprint density at radius 2 is 1.07 bits per heavy atom. The molecule has 1 heterocycles. The third kappa shape index (κ3) is 6.57. The molecule has 0 radical (unpaired) electrons. The van der Waals surface area contributed by atoms with E-state index in [1.807, 2.05) is 30.3 Å². The zero-order chi connectivity index (χ0) is 20.4. The van der Waals surface area contributed by atoms with Crippen LogP contribution in [0.5, 0.6) is 18.0 Å². The summed E-state index contributed by atoms with van der Waals surface area (Å²) in [6, 6.07) is 10.9. The van der Waals surface area contributed by atoms with Gasteiger partial charge in [0, 0.05) is 0 Å². The topological polar surface area (TPSA) is 66.4 Å². The standard InChI is InChI=1S/C24H33N3O3/c1-4-10-19(11-5-1)16-28-22-25-23(29-17-20-12-6-2-7-13-20)27-24(26-22)30-18-21-14-8-3-9-15-21/h1,4-5,10-11,20-21H,2-3,6-9,12-18H2. The molecule has 0 amide bonds. The van der Waals surface area contributed by atoms with Gasteiger partial charge in [-0.1, -0.05) is 68.9 Å². The van der Waals surface area contributed by atoms with Gasteiger partial charge in [-0.2, -0.15) is 0 Å². The van der Waals surface area contributed by atoms with Crippen molar-refractivity contribution in [3.63, 3.8) is 0 Å². The number of hydrogen-bond acceptors (Lipinski definition) is 6. The van der Waals surface area contributed by atoms with Crippen LogP contribution in [-0.2, 0) is 6.61 Å². The summed E-state index contributed by atoms with van der Waals surface area (Å²) in [4.78, 5) is 13.2. The molecule has 2 saturated carbocycles. The zero-order valence-corrected chi connectivity index (χ0v) is 17.8. The van der Waals surface area contributed by atoms with E-state index in [-0.39, 0.29) is 6.01 Å². The van der Waals surface area contributed by atoms with E-state index in [1.54, 1.807) is 0 Å². The summed E-state index contributed by atoms with van der Waals surface area (Å²) in [5, 5.41) is 0. The summed E-state index contributed by atoms with van der Waals surface area (Å²) in [7, 11) is 0. The van der Waals surface area contributed by atoms with E-state index in [0.717, 1.165) is 5.56 Å². The Morgan fingerprint density at radius 3 is 1.57 bits per heavy atom. The molecule has 6 nitrogen and oxygen atoms in total. The third-order valence-electron chi connectivity index (χ3n) is 6.13. The van der Waals surface area contributed by atoms with Crippen LogP contribution in [0.2, 0.25) is 0 Å². The Hall–Kier alpha value is -2.37. The first-order valence-electron chi connectivity index (χ1n) is 11.5. The maximum atomic E-state index is 5.95. The van der Waals surface area contributed by atoms with Crippen molar-refractivity contribution in [3.05, 3.63) is 35.9 Å². The molecule has 0 atom stereocenters. The van der Waals surface area contributed by atoms with Crippen molar-refractivity contribution >= 4 is 0 Å². The fourth-order valence-corrected chi connectivity index (χ4v) is 4.33. The van der Waals surface area contributed by atoms with Gasteiger partial charge in [-0.3, -0.25) is 0 Å². The van der Waals surface area contributed by atoms with Crippen molar-refractivity contribution in [1.82, 2.24) is 15.0 Å². The molecule has 162 valence electrons. The Bertz CT molecular complexity index is 719. The first-order chi connectivity index (χ1) is 14.8. The minimum Gasteiger partial charge on any atom is -0.463 e. The molecule has 2 aliphatic rings. The molecule has 2 aliphatic carbocycles. The predicted octanol–water partition coefficient (Wildman–Crippen LogP) is 5.37. The second-order valence-electron chi connectivity index (χ2n) is 8.59. The van der Waals surface area contributed by atoms with Crippen LogP contribution >= 0.6 is 0 Å². The van der Waals surface area contributed by atoms with E-state index in [2.05, 4.69) is 15.0 Å². The number of ether oxygens (including phenoxy) is 3. The number of benzene rings is 1. The van der Waals surface area contributed by atoms with Gasteiger partial charge >= 0.3 is 18.0 Å². The summed E-state index contributed by atoms with van der Waals surface area (Å²) in [5.74, 6) is 1.16. The van der Waals surface area contributed by atoms with Crippen LogP contribution in [0.25, 0.3) is 0 Å². The highest BCUT2D eigenvalue weighted by molar-refractivity contribution is 5.15. The number of aromatic nitrogens is 3. The molecular weight excluding hydrogens is 378 g/mol. The fourth-order valence-electron chi connectivity index (χ4n) is 4.33. The first kappa shape index (κ1) is 20.9. The molecule has 2 aromatic rings. The van der Waals surface area contributed by atoms with Gasteiger partial charge in [0.15, 0.2) is 0 Å². The van der Waals surface area contributed by atoms with E-state index in [0.29, 0.717) is 43.7 Å². The molecule has 30 heavy (non-hydrogen) atoms. The monoisotopic (exact) mass is 411 g/mol. The highest BCUT2D eigenvalue weighted by Gasteiger charge is 2.18. The molecule has 0 bridgehead atoms. The van der Waals surface area contributed by atoms with Crippen LogP contribution in [0, 0.1) is 11.8 Å². The molecule has 2 fully saturated rings. The SMILES string of the molecule is c1ccc(COc2nc(OCC3CCCCC3)nc(OCC3CCCCC3)n2)cc1. The average molecular weight is 412 g/mol. The Kier molecular flexibility index (Phi) is 7.75. The van der Waals surface area contributed by atoms with Crippen molar-refractivity contribution < 1.29 is 14.2 Å². The summed E-state index contributed by atoms with van der Waals surface area (Å²) in [6.45, 7) is 1.68. The van der Waals surface area contributed by atoms with E-state index in [9.17, 15) is 0 Å². The van der Waals surface area contributed by atoms with Gasteiger partial charge in [0.1, 0.15) is 6.61 Å². The first-order valence-corrected chi connectivity index (χ1v) is 11.5. The molecule has 1 aromatic carbocycles. The van der Waals surface area contributed by atoms with Crippen LogP contribution < -0.4 is 14.2 Å². The molecule has 4 rings (SSSR count).